The van der Waals surface area contributed by atoms with E-state index in [9.17, 15) is 0 Å². The van der Waals surface area contributed by atoms with E-state index >= 15 is 0 Å². The molecule has 1 unspecified atom stereocenters. The maximum atomic E-state index is 7.02. The molecule has 0 radical (unpaired) electrons. The molecule has 0 aromatic heterocycles. The second-order valence-electron chi connectivity index (χ2n) is 7.32. The predicted octanol–water partition coefficient (Wildman–Crippen LogP) is 6.88. The van der Waals surface area contributed by atoms with Crippen LogP contribution in [0.1, 0.15) is 26.2 Å². The molecule has 142 valence electrons. The van der Waals surface area contributed by atoms with Crippen molar-refractivity contribution >= 4 is 46.4 Å². The Morgan fingerprint density at radius 2 is 1.41 bits per heavy atom. The molecule has 0 spiro atoms. The van der Waals surface area contributed by atoms with Gasteiger partial charge in [-0.3, -0.25) is 0 Å². The predicted molar refractivity (Wildman–Crippen MR) is 121 cm³/mol. The van der Waals surface area contributed by atoms with Gasteiger partial charge >= 0.3 is 180 Å². The molecule has 0 aliphatic heterocycles. The van der Waals surface area contributed by atoms with E-state index in [1.807, 2.05) is 0 Å². The third-order valence-corrected chi connectivity index (χ3v) is 22.6. The Balaban J connectivity index is 2.32. The van der Waals surface area contributed by atoms with E-state index in [4.69, 9.17) is 27.9 Å². The van der Waals surface area contributed by atoms with Gasteiger partial charge in [0.15, 0.2) is 0 Å². The van der Waals surface area contributed by atoms with E-state index in [1.165, 1.54) is 15.9 Å². The topological polar surface area (TPSA) is 0 Å². The van der Waals surface area contributed by atoms with E-state index in [-0.39, 0.29) is 0 Å². The van der Waals surface area contributed by atoms with Crippen LogP contribution in [0.3, 0.4) is 0 Å². The zero-order valence-corrected chi connectivity index (χ0v) is 20.6. The molecule has 1 aliphatic rings. The van der Waals surface area contributed by atoms with Crippen molar-refractivity contribution < 1.29 is 13.4 Å². The molecule has 2 aromatic carbocycles. The third-order valence-electron chi connectivity index (χ3n) is 5.89. The van der Waals surface area contributed by atoms with Crippen LogP contribution in [0, 0.1) is 0 Å². The van der Waals surface area contributed by atoms with Gasteiger partial charge in [-0.1, -0.05) is 0 Å². The summed E-state index contributed by atoms with van der Waals surface area (Å²) in [5, 5.41) is 2.64. The quantitative estimate of drug-likeness (QED) is 0.386. The summed E-state index contributed by atoms with van der Waals surface area (Å²) in [6.45, 7) is 4.60. The van der Waals surface area contributed by atoms with Gasteiger partial charge in [-0.25, -0.2) is 0 Å². The molecule has 0 bridgehead atoms. The van der Waals surface area contributed by atoms with Crippen molar-refractivity contribution in [3.63, 3.8) is 0 Å². The van der Waals surface area contributed by atoms with Crippen molar-refractivity contribution in [2.75, 3.05) is 0 Å². The van der Waals surface area contributed by atoms with Crippen molar-refractivity contribution in [3.8, 4) is 0 Å². The number of halogens is 3. The maximum absolute atomic E-state index is 7.02. The standard InChI is InChI=1S/C22H25Si.3ClH.Ti/c1-3-4-12-19-13-11-18-22(19)23(2,20-14-7-5-8-15-20)21-16-9-6-10-17-21;;;;/h5-11,13-18H,3-4,12H2,1-2H3;3*1H;/q;;;;+3/p-3. The summed E-state index contributed by atoms with van der Waals surface area (Å²) < 4.78 is -0.435. The first-order valence-electron chi connectivity index (χ1n) is 9.44. The second-order valence-corrected chi connectivity index (χ2v) is 24.5. The summed E-state index contributed by atoms with van der Waals surface area (Å²) in [6.07, 6.45) is 9.85. The van der Waals surface area contributed by atoms with Gasteiger partial charge in [0.05, 0.1) is 0 Å². The van der Waals surface area contributed by atoms with E-state index in [2.05, 4.69) is 92.4 Å². The fraction of sp³-hybridized carbons (Fsp3) is 0.273. The molecule has 0 saturated heterocycles. The van der Waals surface area contributed by atoms with Gasteiger partial charge in [0.25, 0.3) is 0 Å². The summed E-state index contributed by atoms with van der Waals surface area (Å²) in [7, 11) is 18.6. The summed E-state index contributed by atoms with van der Waals surface area (Å²) in [5.74, 6) is 0. The minimum atomic E-state index is -3.77. The van der Waals surface area contributed by atoms with Crippen molar-refractivity contribution in [2.24, 2.45) is 0 Å². The van der Waals surface area contributed by atoms with Gasteiger partial charge in [0.1, 0.15) is 0 Å². The van der Waals surface area contributed by atoms with Crippen molar-refractivity contribution in [3.05, 3.63) is 84.5 Å². The second kappa shape index (κ2) is 8.61. The molecule has 27 heavy (non-hydrogen) atoms. The average molecular weight is 472 g/mol. The SMILES string of the molecule is CCCCC1=CC=C[C]1([Si](C)(c1ccccc1)c1ccccc1)[Ti]([Cl])([Cl])[Cl]. The molecule has 0 fully saturated rings. The van der Waals surface area contributed by atoms with Gasteiger partial charge in [0.2, 0.25) is 0 Å². The molecule has 0 N–H and O–H groups in total. The Kier molecular flexibility index (Phi) is 6.84. The zero-order valence-electron chi connectivity index (χ0n) is 15.8. The zero-order chi connectivity index (χ0) is 19.5. The van der Waals surface area contributed by atoms with E-state index in [1.54, 1.807) is 0 Å². The normalized spacial score (nSPS) is 20.0. The van der Waals surface area contributed by atoms with Crippen LogP contribution in [-0.4, -0.2) is 8.07 Å². The molecule has 1 atom stereocenters. The average Bonchev–Trinajstić information content (AvgIpc) is 3.12. The Morgan fingerprint density at radius 3 is 1.85 bits per heavy atom. The van der Waals surface area contributed by atoms with E-state index in [0.717, 1.165) is 19.3 Å². The van der Waals surface area contributed by atoms with Crippen LogP contribution >= 0.6 is 27.9 Å². The Hall–Kier alpha value is -0.279. The molecule has 0 nitrogen and oxygen atoms in total. The van der Waals surface area contributed by atoms with Gasteiger partial charge in [-0.05, 0) is 0 Å². The van der Waals surface area contributed by atoms with Gasteiger partial charge < -0.3 is 0 Å². The summed E-state index contributed by atoms with van der Waals surface area (Å²) in [5.41, 5.74) is 1.33. The Labute approximate surface area is 179 Å². The molecular formula is C22H25Cl3SiTi. The summed E-state index contributed by atoms with van der Waals surface area (Å²) in [4.78, 5) is 0. The van der Waals surface area contributed by atoms with Crippen LogP contribution in [0.4, 0.5) is 0 Å². The fourth-order valence-corrected chi connectivity index (χ4v) is 23.9. The first-order chi connectivity index (χ1) is 12.9. The van der Waals surface area contributed by atoms with Crippen LogP contribution in [0.25, 0.3) is 0 Å². The summed E-state index contributed by atoms with van der Waals surface area (Å²) in [6, 6.07) is 21.5. The van der Waals surface area contributed by atoms with Crippen LogP contribution < -0.4 is 10.4 Å². The van der Waals surface area contributed by atoms with Crippen molar-refractivity contribution in [1.82, 2.24) is 0 Å². The number of rotatable bonds is 7. The van der Waals surface area contributed by atoms with Crippen LogP contribution in [0.5, 0.6) is 0 Å². The number of allylic oxidation sites excluding steroid dienone is 4. The first-order valence-corrected chi connectivity index (χ1v) is 19.2. The van der Waals surface area contributed by atoms with Crippen molar-refractivity contribution in [1.29, 1.82) is 0 Å². The first kappa shape index (κ1) is 21.4. The molecule has 5 heteroatoms. The molecule has 1 aliphatic carbocycles. The Bertz CT molecular complexity index is 788. The number of benzene rings is 2. The number of hydrogen-bond donors (Lipinski definition) is 0. The van der Waals surface area contributed by atoms with E-state index in [0.29, 0.717) is 0 Å². The molecule has 0 saturated carbocycles. The molecule has 3 rings (SSSR count). The van der Waals surface area contributed by atoms with Crippen molar-refractivity contribution in [2.45, 2.75) is 36.1 Å². The molecule has 2 aromatic rings. The van der Waals surface area contributed by atoms with Gasteiger partial charge in [-0.2, -0.15) is 0 Å². The third kappa shape index (κ3) is 3.68. The van der Waals surface area contributed by atoms with Gasteiger partial charge in [-0.15, -0.1) is 0 Å². The molecule has 0 amide bonds. The fourth-order valence-electron chi connectivity index (χ4n) is 4.41. The molecule has 0 heterocycles. The van der Waals surface area contributed by atoms with E-state index < -0.39 is 24.8 Å². The number of unbranched alkanes of at least 4 members (excludes halogenated alkanes) is 1. The summed E-state index contributed by atoms with van der Waals surface area (Å²) >= 11 is -3.77. The van der Waals surface area contributed by atoms with Crippen LogP contribution in [0.15, 0.2) is 84.5 Å². The van der Waals surface area contributed by atoms with Crippen LogP contribution in [-0.2, 0) is 13.4 Å². The number of hydrogen-bond acceptors (Lipinski definition) is 0. The minimum absolute atomic E-state index is 0.435. The molecular weight excluding hydrogens is 447 g/mol. The Morgan fingerprint density at radius 1 is 0.889 bits per heavy atom. The van der Waals surface area contributed by atoms with Gasteiger partial charge in [0, 0.05) is 0 Å². The van der Waals surface area contributed by atoms with Crippen LogP contribution in [0.2, 0.25) is 9.89 Å². The monoisotopic (exact) mass is 470 g/mol.